The van der Waals surface area contributed by atoms with Crippen molar-refractivity contribution < 1.29 is 5.48 Å². The number of aryl methyl sites for hydroxylation is 1. The zero-order valence-corrected chi connectivity index (χ0v) is 9.02. The summed E-state index contributed by atoms with van der Waals surface area (Å²) >= 11 is 0. The third-order valence-electron chi connectivity index (χ3n) is 2.23. The molecule has 0 radical (unpaired) electrons. The lowest BCUT2D eigenvalue weighted by molar-refractivity contribution is 0.590. The molecule has 1 aromatic carbocycles. The Morgan fingerprint density at radius 3 is 1.77 bits per heavy atom. The van der Waals surface area contributed by atoms with E-state index in [9.17, 15) is 0 Å². The molecule has 0 saturated heterocycles. The van der Waals surface area contributed by atoms with Crippen molar-refractivity contribution >= 4 is 0 Å². The third kappa shape index (κ3) is 3.19. The first-order valence-electron chi connectivity index (χ1n) is 4.63. The number of rotatable bonds is 1. The zero-order chi connectivity index (χ0) is 9.19. The molecule has 2 N–H and O–H groups in total. The summed E-state index contributed by atoms with van der Waals surface area (Å²) in [7, 11) is 0. The Labute approximate surface area is 81.1 Å². The van der Waals surface area contributed by atoms with Gasteiger partial charge in [0.25, 0.3) is 0 Å². The summed E-state index contributed by atoms with van der Waals surface area (Å²) in [5.74, 6) is 0. The minimum absolute atomic E-state index is 0. The van der Waals surface area contributed by atoms with Crippen LogP contribution in [0.15, 0.2) is 24.3 Å². The van der Waals surface area contributed by atoms with E-state index in [2.05, 4.69) is 52.0 Å². The fourth-order valence-corrected chi connectivity index (χ4v) is 1.24. The van der Waals surface area contributed by atoms with Gasteiger partial charge in [-0.2, -0.15) is 0 Å². The molecule has 0 aliphatic carbocycles. The second-order valence-corrected chi connectivity index (χ2v) is 4.30. The van der Waals surface area contributed by atoms with E-state index in [1.165, 1.54) is 11.1 Å². The van der Waals surface area contributed by atoms with Gasteiger partial charge in [-0.15, -0.1) is 0 Å². The Bertz CT molecular complexity index is 241. The van der Waals surface area contributed by atoms with E-state index in [1.807, 2.05) is 0 Å². The van der Waals surface area contributed by atoms with E-state index in [1.54, 1.807) is 0 Å². The predicted molar refractivity (Wildman–Crippen MR) is 58.1 cm³/mol. The first kappa shape index (κ1) is 12.2. The molecule has 1 aromatic rings. The molecular formula is C12H20O. The van der Waals surface area contributed by atoms with Crippen molar-refractivity contribution in [1.82, 2.24) is 0 Å². The number of hydrogen-bond donors (Lipinski definition) is 0. The lowest BCUT2D eigenvalue weighted by Crippen LogP contribution is -2.10. The maximum absolute atomic E-state index is 2.24. The first-order valence-corrected chi connectivity index (χ1v) is 4.63. The smallest absolute Gasteiger partial charge is 0.0132 e. The minimum atomic E-state index is 0. The summed E-state index contributed by atoms with van der Waals surface area (Å²) < 4.78 is 0. The van der Waals surface area contributed by atoms with E-state index in [0.717, 1.165) is 6.42 Å². The molecule has 0 saturated carbocycles. The van der Waals surface area contributed by atoms with Crippen LogP contribution in [0.2, 0.25) is 0 Å². The topological polar surface area (TPSA) is 31.5 Å². The summed E-state index contributed by atoms with van der Waals surface area (Å²) in [6.07, 6.45) is 1.13. The minimum Gasteiger partial charge on any atom is -0.412 e. The van der Waals surface area contributed by atoms with E-state index in [-0.39, 0.29) is 10.9 Å². The van der Waals surface area contributed by atoms with Crippen LogP contribution < -0.4 is 0 Å². The quantitative estimate of drug-likeness (QED) is 0.636. The summed E-state index contributed by atoms with van der Waals surface area (Å²) in [6.45, 7) is 8.92. The molecule has 1 rings (SSSR count). The van der Waals surface area contributed by atoms with Crippen molar-refractivity contribution in [2.24, 2.45) is 0 Å². The van der Waals surface area contributed by atoms with Crippen molar-refractivity contribution in [3.05, 3.63) is 35.4 Å². The molecule has 1 nitrogen and oxygen atoms in total. The first-order chi connectivity index (χ1) is 5.54. The van der Waals surface area contributed by atoms with Crippen molar-refractivity contribution in [2.75, 3.05) is 0 Å². The van der Waals surface area contributed by atoms with Gasteiger partial charge in [0.2, 0.25) is 0 Å². The van der Waals surface area contributed by atoms with Gasteiger partial charge in [0.15, 0.2) is 0 Å². The molecule has 74 valence electrons. The molecule has 0 spiro atoms. The van der Waals surface area contributed by atoms with Crippen LogP contribution in [0, 0.1) is 0 Å². The fourth-order valence-electron chi connectivity index (χ4n) is 1.24. The average Bonchev–Trinajstić information content (AvgIpc) is 2.03. The third-order valence-corrected chi connectivity index (χ3v) is 2.23. The fraction of sp³-hybridized carbons (Fsp3) is 0.500. The molecule has 0 aromatic heterocycles. The SMILES string of the molecule is CCc1ccc(C(C)(C)C)cc1.O. The van der Waals surface area contributed by atoms with Crippen LogP contribution in [-0.4, -0.2) is 5.48 Å². The van der Waals surface area contributed by atoms with E-state index in [4.69, 9.17) is 0 Å². The molecular weight excluding hydrogens is 160 g/mol. The predicted octanol–water partition coefficient (Wildman–Crippen LogP) is 2.72. The van der Waals surface area contributed by atoms with E-state index < -0.39 is 0 Å². The van der Waals surface area contributed by atoms with Gasteiger partial charge in [0.1, 0.15) is 0 Å². The molecule has 0 unspecified atom stereocenters. The summed E-state index contributed by atoms with van der Waals surface area (Å²) in [5.41, 5.74) is 3.12. The molecule has 13 heavy (non-hydrogen) atoms. The standard InChI is InChI=1S/C12H18.H2O/c1-5-10-6-8-11(9-7-10)12(2,3)4;/h6-9H,5H2,1-4H3;1H2. The van der Waals surface area contributed by atoms with Gasteiger partial charge in [0, 0.05) is 0 Å². The maximum Gasteiger partial charge on any atom is -0.0132 e. The van der Waals surface area contributed by atoms with Gasteiger partial charge >= 0.3 is 0 Å². The molecule has 0 atom stereocenters. The Kier molecular flexibility index (Phi) is 4.15. The average molecular weight is 180 g/mol. The molecule has 0 heterocycles. The Morgan fingerprint density at radius 2 is 1.46 bits per heavy atom. The van der Waals surface area contributed by atoms with Gasteiger partial charge in [-0.3, -0.25) is 0 Å². The van der Waals surface area contributed by atoms with Crippen LogP contribution in [0.4, 0.5) is 0 Å². The van der Waals surface area contributed by atoms with Crippen molar-refractivity contribution in [3.8, 4) is 0 Å². The zero-order valence-electron chi connectivity index (χ0n) is 9.02. The summed E-state index contributed by atoms with van der Waals surface area (Å²) in [6, 6.07) is 8.92. The van der Waals surface area contributed by atoms with Gasteiger partial charge in [-0.25, -0.2) is 0 Å². The maximum atomic E-state index is 2.24. The summed E-state index contributed by atoms with van der Waals surface area (Å²) in [4.78, 5) is 0. The number of hydrogen-bond acceptors (Lipinski definition) is 0. The normalized spacial score (nSPS) is 10.8. The Morgan fingerprint density at radius 1 is 1.00 bits per heavy atom. The number of benzene rings is 1. The second-order valence-electron chi connectivity index (χ2n) is 4.30. The van der Waals surface area contributed by atoms with Gasteiger partial charge in [-0.1, -0.05) is 52.0 Å². The second kappa shape index (κ2) is 4.43. The molecule has 0 aliphatic rings. The molecule has 0 aliphatic heterocycles. The highest BCUT2D eigenvalue weighted by Gasteiger charge is 2.12. The van der Waals surface area contributed by atoms with E-state index >= 15 is 0 Å². The lowest BCUT2D eigenvalue weighted by Gasteiger charge is -2.18. The Hall–Kier alpha value is -0.820. The van der Waals surface area contributed by atoms with Crippen molar-refractivity contribution in [3.63, 3.8) is 0 Å². The molecule has 0 bridgehead atoms. The Balaban J connectivity index is 0.00000144. The highest BCUT2D eigenvalue weighted by Crippen LogP contribution is 2.22. The molecule has 0 amide bonds. The lowest BCUT2D eigenvalue weighted by atomic mass is 9.86. The van der Waals surface area contributed by atoms with Crippen molar-refractivity contribution in [1.29, 1.82) is 0 Å². The van der Waals surface area contributed by atoms with Crippen LogP contribution in [0.25, 0.3) is 0 Å². The molecule has 1 heteroatoms. The highest BCUT2D eigenvalue weighted by atomic mass is 16.0. The van der Waals surface area contributed by atoms with Gasteiger partial charge in [-0.05, 0) is 23.0 Å². The van der Waals surface area contributed by atoms with Crippen LogP contribution in [-0.2, 0) is 11.8 Å². The highest BCUT2D eigenvalue weighted by molar-refractivity contribution is 5.27. The van der Waals surface area contributed by atoms with Crippen molar-refractivity contribution in [2.45, 2.75) is 39.5 Å². The largest absolute Gasteiger partial charge is 0.412 e. The monoisotopic (exact) mass is 180 g/mol. The summed E-state index contributed by atoms with van der Waals surface area (Å²) in [5, 5.41) is 0. The van der Waals surface area contributed by atoms with Crippen LogP contribution in [0.5, 0.6) is 0 Å². The van der Waals surface area contributed by atoms with Crippen LogP contribution in [0.1, 0.15) is 38.8 Å². The van der Waals surface area contributed by atoms with Crippen LogP contribution >= 0.6 is 0 Å². The van der Waals surface area contributed by atoms with Gasteiger partial charge in [0.05, 0.1) is 0 Å². The van der Waals surface area contributed by atoms with Gasteiger partial charge < -0.3 is 5.48 Å². The molecule has 0 fully saturated rings. The van der Waals surface area contributed by atoms with Crippen LogP contribution in [0.3, 0.4) is 0 Å². The van der Waals surface area contributed by atoms with E-state index in [0.29, 0.717) is 0 Å².